The summed E-state index contributed by atoms with van der Waals surface area (Å²) in [6.45, 7) is 2.42. The molecule has 2 amide bonds. The van der Waals surface area contributed by atoms with E-state index in [1.807, 2.05) is 0 Å². The molecular formula is C29H30FN7O5. The lowest BCUT2D eigenvalue weighted by Gasteiger charge is -2.32. The highest BCUT2D eigenvalue weighted by atomic mass is 19.1. The van der Waals surface area contributed by atoms with Crippen LogP contribution in [0.15, 0.2) is 55.0 Å². The Bertz CT molecular complexity index is 1670. The summed E-state index contributed by atoms with van der Waals surface area (Å²) in [4.78, 5) is 48.9. The SMILES string of the molecule is COc1ccc(-c2cnc3c(Nc4ccc(C(=O)N(C)CC(=O)N5CCNC(C(=O)O)C5)c(C)c4)nccn23)cc1F. The van der Waals surface area contributed by atoms with Gasteiger partial charge in [0.25, 0.3) is 5.91 Å². The van der Waals surface area contributed by atoms with E-state index >= 15 is 0 Å². The molecule has 1 unspecified atom stereocenters. The first-order valence-electron chi connectivity index (χ1n) is 13.2. The van der Waals surface area contributed by atoms with Crippen LogP contribution < -0.4 is 15.4 Å². The Labute approximate surface area is 240 Å². The van der Waals surface area contributed by atoms with Gasteiger partial charge in [0.1, 0.15) is 6.04 Å². The van der Waals surface area contributed by atoms with Crippen LogP contribution in [0.5, 0.6) is 5.75 Å². The summed E-state index contributed by atoms with van der Waals surface area (Å²) in [7, 11) is 2.95. The highest BCUT2D eigenvalue weighted by molar-refractivity contribution is 5.98. The number of rotatable bonds is 8. The summed E-state index contributed by atoms with van der Waals surface area (Å²) in [5.74, 6) is -1.52. The minimum atomic E-state index is -1.02. The summed E-state index contributed by atoms with van der Waals surface area (Å²) in [6, 6.07) is 9.06. The highest BCUT2D eigenvalue weighted by Gasteiger charge is 2.29. The standard InChI is InChI=1S/C29H30FN7O5/c1-17-12-19(5-6-20(17)28(39)35(2)16-25(38)36-10-8-31-22(15-36)29(40)41)34-26-27-33-14-23(37(27)11-9-32-26)18-4-7-24(42-3)21(30)13-18/h4-7,9,11-14,22,31H,8,10,15-16H2,1-3H3,(H,32,34)(H,40,41). The molecule has 1 fully saturated rings. The number of ether oxygens (including phenoxy) is 1. The van der Waals surface area contributed by atoms with E-state index in [2.05, 4.69) is 20.6 Å². The van der Waals surface area contributed by atoms with Crippen molar-refractivity contribution in [2.75, 3.05) is 45.7 Å². The van der Waals surface area contributed by atoms with Crippen molar-refractivity contribution in [3.63, 3.8) is 0 Å². The minimum Gasteiger partial charge on any atom is -0.494 e. The van der Waals surface area contributed by atoms with E-state index in [1.165, 1.54) is 30.0 Å². The largest absolute Gasteiger partial charge is 0.494 e. The van der Waals surface area contributed by atoms with Gasteiger partial charge >= 0.3 is 5.97 Å². The zero-order chi connectivity index (χ0) is 30.0. The first kappa shape index (κ1) is 28.5. The maximum Gasteiger partial charge on any atom is 0.322 e. The maximum atomic E-state index is 14.3. The number of aliphatic carboxylic acids is 1. The molecular weight excluding hydrogens is 545 g/mol. The molecule has 4 aromatic rings. The molecule has 1 aliphatic rings. The number of methoxy groups -OCH3 is 1. The molecule has 218 valence electrons. The van der Waals surface area contributed by atoms with E-state index in [0.717, 1.165) is 0 Å². The number of nitrogens with one attached hydrogen (secondary N) is 2. The van der Waals surface area contributed by atoms with E-state index in [9.17, 15) is 23.9 Å². The smallest absolute Gasteiger partial charge is 0.322 e. The van der Waals surface area contributed by atoms with Crippen LogP contribution in [0.1, 0.15) is 15.9 Å². The van der Waals surface area contributed by atoms with Crippen molar-refractivity contribution < 1.29 is 28.6 Å². The van der Waals surface area contributed by atoms with Gasteiger partial charge in [-0.3, -0.25) is 18.8 Å². The molecule has 0 saturated carbocycles. The summed E-state index contributed by atoms with van der Waals surface area (Å²) < 4.78 is 21.1. The van der Waals surface area contributed by atoms with Crippen LogP contribution >= 0.6 is 0 Å². The molecule has 1 aliphatic heterocycles. The summed E-state index contributed by atoms with van der Waals surface area (Å²) in [5, 5.41) is 15.3. The van der Waals surface area contributed by atoms with Gasteiger partial charge in [0.05, 0.1) is 25.5 Å². The van der Waals surface area contributed by atoms with Gasteiger partial charge in [-0.05, 0) is 48.9 Å². The molecule has 5 rings (SSSR count). The number of aromatic nitrogens is 3. The molecule has 0 bridgehead atoms. The number of fused-ring (bicyclic) bond motifs is 1. The second-order valence-electron chi connectivity index (χ2n) is 9.96. The van der Waals surface area contributed by atoms with Crippen molar-refractivity contribution in [3.05, 3.63) is 71.9 Å². The Balaban J connectivity index is 1.29. The molecule has 3 heterocycles. The molecule has 2 aromatic carbocycles. The molecule has 12 nitrogen and oxygen atoms in total. The van der Waals surface area contributed by atoms with Crippen LogP contribution in [0, 0.1) is 12.7 Å². The fourth-order valence-corrected chi connectivity index (χ4v) is 4.89. The minimum absolute atomic E-state index is 0.0470. The summed E-state index contributed by atoms with van der Waals surface area (Å²) in [5.41, 5.74) is 3.60. The molecule has 1 saturated heterocycles. The molecule has 3 N–H and O–H groups in total. The Kier molecular flexibility index (Phi) is 8.02. The van der Waals surface area contributed by atoms with Crippen LogP contribution in [-0.2, 0) is 9.59 Å². The second kappa shape index (κ2) is 11.8. The first-order chi connectivity index (χ1) is 20.2. The molecule has 0 radical (unpaired) electrons. The van der Waals surface area contributed by atoms with Gasteiger partial charge in [0.2, 0.25) is 5.91 Å². The van der Waals surface area contributed by atoms with Crippen molar-refractivity contribution in [1.82, 2.24) is 29.5 Å². The van der Waals surface area contributed by atoms with E-state index in [4.69, 9.17) is 4.74 Å². The number of piperazine rings is 1. The molecule has 2 aromatic heterocycles. The van der Waals surface area contributed by atoms with Gasteiger partial charge in [-0.15, -0.1) is 0 Å². The third-order valence-electron chi connectivity index (χ3n) is 7.14. The Hall–Kier alpha value is -5.04. The van der Waals surface area contributed by atoms with Crippen LogP contribution in [-0.4, -0.2) is 93.4 Å². The van der Waals surface area contributed by atoms with Gasteiger partial charge in [-0.1, -0.05) is 0 Å². The number of carboxylic acid groups (broad SMARTS) is 1. The normalized spacial score (nSPS) is 15.0. The van der Waals surface area contributed by atoms with Crippen molar-refractivity contribution in [2.24, 2.45) is 0 Å². The fraction of sp³-hybridized carbons (Fsp3) is 0.276. The molecule has 0 aliphatic carbocycles. The number of likely N-dealkylation sites (N-methyl/N-ethyl adjacent to an activating group) is 1. The number of anilines is 2. The Morgan fingerprint density at radius 3 is 2.74 bits per heavy atom. The molecule has 1 atom stereocenters. The zero-order valence-corrected chi connectivity index (χ0v) is 23.3. The van der Waals surface area contributed by atoms with Crippen molar-refractivity contribution in [3.8, 4) is 17.0 Å². The van der Waals surface area contributed by atoms with E-state index in [0.29, 0.717) is 52.6 Å². The average Bonchev–Trinajstić information content (AvgIpc) is 3.42. The van der Waals surface area contributed by atoms with E-state index < -0.39 is 17.8 Å². The maximum absolute atomic E-state index is 14.3. The Morgan fingerprint density at radius 1 is 1.21 bits per heavy atom. The topological polar surface area (TPSA) is 141 Å². The second-order valence-corrected chi connectivity index (χ2v) is 9.96. The van der Waals surface area contributed by atoms with Gasteiger partial charge < -0.3 is 30.3 Å². The number of halogens is 1. The lowest BCUT2D eigenvalue weighted by atomic mass is 10.1. The van der Waals surface area contributed by atoms with E-state index in [1.54, 1.807) is 60.2 Å². The van der Waals surface area contributed by atoms with Gasteiger partial charge in [-0.2, -0.15) is 0 Å². The summed E-state index contributed by atoms with van der Waals surface area (Å²) in [6.07, 6.45) is 4.97. The van der Waals surface area contributed by atoms with Crippen LogP contribution in [0.25, 0.3) is 16.9 Å². The van der Waals surface area contributed by atoms with Crippen LogP contribution in [0.3, 0.4) is 0 Å². The van der Waals surface area contributed by atoms with Crippen LogP contribution in [0.2, 0.25) is 0 Å². The van der Waals surface area contributed by atoms with Crippen molar-refractivity contribution >= 4 is 34.9 Å². The lowest BCUT2D eigenvalue weighted by molar-refractivity contribution is -0.142. The summed E-state index contributed by atoms with van der Waals surface area (Å²) >= 11 is 0. The quantitative estimate of drug-likeness (QED) is 0.289. The number of benzene rings is 2. The van der Waals surface area contributed by atoms with Gasteiger partial charge in [0, 0.05) is 55.9 Å². The third kappa shape index (κ3) is 5.72. The Morgan fingerprint density at radius 2 is 2.02 bits per heavy atom. The van der Waals surface area contributed by atoms with Gasteiger partial charge in [0.15, 0.2) is 23.0 Å². The number of carbonyl (C=O) groups excluding carboxylic acids is 2. The van der Waals surface area contributed by atoms with E-state index in [-0.39, 0.29) is 30.7 Å². The van der Waals surface area contributed by atoms with Gasteiger partial charge in [-0.25, -0.2) is 14.4 Å². The number of carbonyl (C=O) groups is 3. The predicted octanol–water partition coefficient (Wildman–Crippen LogP) is 2.55. The van der Waals surface area contributed by atoms with Crippen molar-refractivity contribution in [2.45, 2.75) is 13.0 Å². The number of hydrogen-bond acceptors (Lipinski definition) is 8. The third-order valence-corrected chi connectivity index (χ3v) is 7.14. The molecule has 42 heavy (non-hydrogen) atoms. The average molecular weight is 576 g/mol. The molecule has 0 spiro atoms. The number of aryl methyl sites for hydroxylation is 1. The zero-order valence-electron chi connectivity index (χ0n) is 23.3. The number of imidazole rings is 1. The number of nitrogens with zero attached hydrogens (tertiary/aromatic N) is 5. The molecule has 13 heteroatoms. The first-order valence-corrected chi connectivity index (χ1v) is 13.2. The van der Waals surface area contributed by atoms with Crippen molar-refractivity contribution in [1.29, 1.82) is 0 Å². The van der Waals surface area contributed by atoms with Crippen LogP contribution in [0.4, 0.5) is 15.9 Å². The number of hydrogen-bond donors (Lipinski definition) is 3. The fourth-order valence-electron chi connectivity index (χ4n) is 4.89. The lowest BCUT2D eigenvalue weighted by Crippen LogP contribution is -2.57. The monoisotopic (exact) mass is 575 g/mol. The number of amides is 2. The highest BCUT2D eigenvalue weighted by Crippen LogP contribution is 2.29. The predicted molar refractivity (Wildman–Crippen MR) is 152 cm³/mol. The number of carboxylic acids is 1.